The van der Waals surface area contributed by atoms with Gasteiger partial charge in [-0.2, -0.15) is 5.10 Å². The van der Waals surface area contributed by atoms with E-state index in [0.29, 0.717) is 23.5 Å². The number of carbonyl (C=O) groups is 2. The molecule has 2 N–H and O–H groups in total. The van der Waals surface area contributed by atoms with Crippen molar-refractivity contribution in [3.8, 4) is 0 Å². The van der Waals surface area contributed by atoms with Gasteiger partial charge in [-0.25, -0.2) is 4.79 Å². The number of aromatic amines is 1. The second-order valence-corrected chi connectivity index (χ2v) is 11.6. The Hall–Kier alpha value is -3.23. The first-order valence-corrected chi connectivity index (χ1v) is 14.0. The van der Waals surface area contributed by atoms with Crippen molar-refractivity contribution >= 4 is 28.5 Å². The van der Waals surface area contributed by atoms with Gasteiger partial charge in [0.1, 0.15) is 12.1 Å². The van der Waals surface area contributed by atoms with Crippen LogP contribution in [0.15, 0.2) is 54.7 Å². The SMILES string of the molecule is C[C@@](C(=O)O[C@H]1C[N+]2(CC(=O)Nc3ccc4[nH]ncc4c3)CCC1CC2)(c1ccccc1)N1CCCCC1. The van der Waals surface area contributed by atoms with E-state index in [2.05, 4.69) is 20.4 Å². The highest BCUT2D eigenvalue weighted by atomic mass is 16.5. The normalized spacial score (nSPS) is 27.1. The highest BCUT2D eigenvalue weighted by Crippen LogP contribution is 2.38. The van der Waals surface area contributed by atoms with Crippen LogP contribution in [0, 0.1) is 5.92 Å². The minimum absolute atomic E-state index is 0.000659. The molecule has 0 aliphatic carbocycles. The molecule has 2 bridgehead atoms. The summed E-state index contributed by atoms with van der Waals surface area (Å²) in [6.07, 6.45) is 6.98. The van der Waals surface area contributed by atoms with Crippen molar-refractivity contribution in [3.63, 3.8) is 0 Å². The van der Waals surface area contributed by atoms with Crippen LogP contribution in [0.25, 0.3) is 10.9 Å². The maximum atomic E-state index is 14.0. The number of benzene rings is 2. The molecular formula is C30H38N5O3+. The van der Waals surface area contributed by atoms with Crippen molar-refractivity contribution < 1.29 is 18.8 Å². The van der Waals surface area contributed by atoms with E-state index in [9.17, 15) is 9.59 Å². The summed E-state index contributed by atoms with van der Waals surface area (Å²) in [5.41, 5.74) is 1.91. The number of anilines is 1. The number of nitrogens with zero attached hydrogens (tertiary/aromatic N) is 3. The molecule has 8 nitrogen and oxygen atoms in total. The zero-order valence-electron chi connectivity index (χ0n) is 22.2. The number of likely N-dealkylation sites (tertiary alicyclic amines) is 1. The molecule has 0 saturated carbocycles. The Morgan fingerprint density at radius 1 is 1.11 bits per heavy atom. The van der Waals surface area contributed by atoms with Crippen LogP contribution in [0.1, 0.15) is 44.6 Å². The molecule has 1 amide bonds. The zero-order chi connectivity index (χ0) is 26.2. The Labute approximate surface area is 223 Å². The molecule has 8 heteroatoms. The van der Waals surface area contributed by atoms with Crippen LogP contribution in [-0.4, -0.2) is 76.8 Å². The largest absolute Gasteiger partial charge is 0.454 e. The van der Waals surface area contributed by atoms with E-state index in [1.165, 1.54) is 6.42 Å². The molecular weight excluding hydrogens is 478 g/mol. The van der Waals surface area contributed by atoms with Gasteiger partial charge in [0, 0.05) is 29.8 Å². The van der Waals surface area contributed by atoms with Crippen LogP contribution < -0.4 is 5.32 Å². The van der Waals surface area contributed by atoms with Gasteiger partial charge in [0.05, 0.1) is 24.8 Å². The quantitative estimate of drug-likeness (QED) is 0.365. The first kappa shape index (κ1) is 25.1. The number of nitrogens with one attached hydrogen (secondary N) is 2. The van der Waals surface area contributed by atoms with Crippen LogP contribution in [-0.2, 0) is 19.9 Å². The molecule has 1 aromatic heterocycles. The lowest BCUT2D eigenvalue weighted by molar-refractivity contribution is -0.939. The van der Waals surface area contributed by atoms with Gasteiger partial charge in [0.25, 0.3) is 5.91 Å². The van der Waals surface area contributed by atoms with Crippen LogP contribution >= 0.6 is 0 Å². The minimum Gasteiger partial charge on any atom is -0.454 e. The van der Waals surface area contributed by atoms with E-state index in [-0.39, 0.29) is 18.0 Å². The van der Waals surface area contributed by atoms with E-state index >= 15 is 0 Å². The second kappa shape index (κ2) is 10.2. The van der Waals surface area contributed by atoms with Gasteiger partial charge in [0.15, 0.2) is 12.6 Å². The summed E-state index contributed by atoms with van der Waals surface area (Å²) in [4.78, 5) is 29.5. The van der Waals surface area contributed by atoms with Gasteiger partial charge in [-0.1, -0.05) is 36.8 Å². The number of amides is 1. The first-order chi connectivity index (χ1) is 18.5. The Bertz CT molecular complexity index is 1290. The van der Waals surface area contributed by atoms with Crippen molar-refractivity contribution in [2.24, 2.45) is 5.92 Å². The van der Waals surface area contributed by atoms with E-state index in [1.807, 2.05) is 55.5 Å². The number of rotatable bonds is 7. The first-order valence-electron chi connectivity index (χ1n) is 14.0. The number of hydrogen-bond acceptors (Lipinski definition) is 5. The second-order valence-electron chi connectivity index (χ2n) is 11.6. The van der Waals surface area contributed by atoms with Gasteiger partial charge in [-0.15, -0.1) is 0 Å². The van der Waals surface area contributed by atoms with Crippen molar-refractivity contribution in [2.45, 2.75) is 50.7 Å². The maximum absolute atomic E-state index is 14.0. The smallest absolute Gasteiger partial charge is 0.331 e. The molecule has 7 rings (SSSR count). The summed E-state index contributed by atoms with van der Waals surface area (Å²) in [7, 11) is 0. The van der Waals surface area contributed by atoms with Crippen LogP contribution in [0.5, 0.6) is 0 Å². The van der Waals surface area contributed by atoms with Crippen LogP contribution in [0.4, 0.5) is 5.69 Å². The van der Waals surface area contributed by atoms with E-state index < -0.39 is 5.54 Å². The Morgan fingerprint density at radius 3 is 2.63 bits per heavy atom. The van der Waals surface area contributed by atoms with Crippen LogP contribution in [0.3, 0.4) is 0 Å². The maximum Gasteiger partial charge on any atom is 0.331 e. The molecule has 0 unspecified atom stereocenters. The highest BCUT2D eigenvalue weighted by molar-refractivity contribution is 5.94. The Balaban J connectivity index is 1.16. The topological polar surface area (TPSA) is 87.3 Å². The van der Waals surface area contributed by atoms with Crippen molar-refractivity contribution in [1.82, 2.24) is 15.1 Å². The van der Waals surface area contributed by atoms with Crippen LogP contribution in [0.2, 0.25) is 0 Å². The predicted octanol–water partition coefficient (Wildman–Crippen LogP) is 4.05. The molecule has 2 aromatic carbocycles. The molecule has 2 atom stereocenters. The number of piperidine rings is 4. The van der Waals surface area contributed by atoms with Crippen molar-refractivity contribution in [2.75, 3.05) is 44.6 Å². The van der Waals surface area contributed by atoms with Gasteiger partial charge < -0.3 is 14.5 Å². The summed E-state index contributed by atoms with van der Waals surface area (Å²) in [6, 6.07) is 15.9. The molecule has 4 saturated heterocycles. The molecule has 4 aliphatic rings. The highest BCUT2D eigenvalue weighted by Gasteiger charge is 2.51. The predicted molar refractivity (Wildman–Crippen MR) is 146 cm³/mol. The monoisotopic (exact) mass is 516 g/mol. The van der Waals surface area contributed by atoms with Gasteiger partial charge >= 0.3 is 5.97 Å². The number of carbonyl (C=O) groups excluding carboxylic acids is 2. The molecule has 200 valence electrons. The standard InChI is InChI=1S/C30H37N5O3/c1-30(24-8-4-2-5-9-24,34-14-6-3-7-15-34)29(37)38-27-20-35(16-12-22(27)13-17-35)21-28(36)32-25-10-11-26-23(18-25)19-31-33-26/h2,4-5,8-11,18-19,22,27H,3,6-7,12-17,20-21H2,1H3,(H-,31,32,33,36)/p+1/t22?,27-,30-,35?/m0/s1. The number of quaternary nitrogens is 1. The fraction of sp³-hybridized carbons (Fsp3) is 0.500. The van der Waals surface area contributed by atoms with Crippen molar-refractivity contribution in [3.05, 3.63) is 60.3 Å². The number of aromatic nitrogens is 2. The van der Waals surface area contributed by atoms with Gasteiger partial charge in [0.2, 0.25) is 0 Å². The number of ether oxygens (including phenoxy) is 1. The molecule has 0 radical (unpaired) electrons. The lowest BCUT2D eigenvalue weighted by Gasteiger charge is -2.52. The summed E-state index contributed by atoms with van der Waals surface area (Å²) in [5.74, 6) is 0.216. The van der Waals surface area contributed by atoms with Crippen molar-refractivity contribution in [1.29, 1.82) is 0 Å². The van der Waals surface area contributed by atoms with E-state index in [4.69, 9.17) is 4.74 Å². The fourth-order valence-electron chi connectivity index (χ4n) is 6.89. The molecule has 0 spiro atoms. The lowest BCUT2D eigenvalue weighted by Crippen LogP contribution is -2.66. The molecule has 4 aliphatic heterocycles. The number of H-pyrrole nitrogens is 1. The molecule has 3 aromatic rings. The zero-order valence-corrected chi connectivity index (χ0v) is 22.2. The summed E-state index contributed by atoms with van der Waals surface area (Å²) in [6.45, 7) is 6.84. The third kappa shape index (κ3) is 4.71. The molecule has 38 heavy (non-hydrogen) atoms. The average Bonchev–Trinajstić information content (AvgIpc) is 3.42. The summed E-state index contributed by atoms with van der Waals surface area (Å²) >= 11 is 0. The fourth-order valence-corrected chi connectivity index (χ4v) is 6.89. The minimum atomic E-state index is -0.804. The summed E-state index contributed by atoms with van der Waals surface area (Å²) < 4.78 is 7.10. The number of fused-ring (bicyclic) bond motifs is 4. The lowest BCUT2D eigenvalue weighted by atomic mass is 9.82. The van der Waals surface area contributed by atoms with E-state index in [1.54, 1.807) is 6.20 Å². The third-order valence-electron chi connectivity index (χ3n) is 9.22. The van der Waals surface area contributed by atoms with E-state index in [0.717, 1.165) is 74.0 Å². The number of hydrogen-bond donors (Lipinski definition) is 2. The number of esters is 1. The van der Waals surface area contributed by atoms with Gasteiger partial charge in [-0.3, -0.25) is 14.8 Å². The average molecular weight is 517 g/mol. The molecule has 4 fully saturated rings. The van der Waals surface area contributed by atoms with Gasteiger partial charge in [-0.05, 0) is 56.6 Å². The molecule has 5 heterocycles. The Morgan fingerprint density at radius 2 is 1.87 bits per heavy atom. The summed E-state index contributed by atoms with van der Waals surface area (Å²) in [5, 5.41) is 11.0. The Kier molecular flexibility index (Phi) is 6.70. The third-order valence-corrected chi connectivity index (χ3v) is 9.22.